The second-order valence-corrected chi connectivity index (χ2v) is 6.37. The molecule has 1 aliphatic rings. The highest BCUT2D eigenvalue weighted by Crippen LogP contribution is 2.30. The third-order valence-corrected chi connectivity index (χ3v) is 4.67. The van der Waals surface area contributed by atoms with E-state index in [0.29, 0.717) is 49.3 Å². The Morgan fingerprint density at radius 3 is 2.62 bits per heavy atom. The summed E-state index contributed by atoms with van der Waals surface area (Å²) in [7, 11) is 0. The molecule has 3 N–H and O–H groups in total. The predicted octanol–water partition coefficient (Wildman–Crippen LogP) is 1.22. The topological polar surface area (TPSA) is 97.9 Å². The largest absolute Gasteiger partial charge is 0.389 e. The van der Waals surface area contributed by atoms with Crippen LogP contribution in [0, 0.1) is 0 Å². The van der Waals surface area contributed by atoms with Crippen LogP contribution in [0.1, 0.15) is 18.4 Å². The van der Waals surface area contributed by atoms with Crippen LogP contribution in [-0.2, 0) is 6.42 Å². The van der Waals surface area contributed by atoms with Gasteiger partial charge in [-0.15, -0.1) is 0 Å². The second-order valence-electron chi connectivity index (χ2n) is 6.37. The molecular formula is C17H19N5O2. The molecule has 0 amide bonds. The molecule has 0 bridgehead atoms. The summed E-state index contributed by atoms with van der Waals surface area (Å²) in [4.78, 5) is 27.4. The van der Waals surface area contributed by atoms with Crippen LogP contribution >= 0.6 is 0 Å². The molecule has 0 radical (unpaired) electrons. The van der Waals surface area contributed by atoms with E-state index >= 15 is 0 Å². The first-order valence-corrected chi connectivity index (χ1v) is 8.07. The van der Waals surface area contributed by atoms with Gasteiger partial charge >= 0.3 is 5.69 Å². The molecule has 3 aromatic rings. The van der Waals surface area contributed by atoms with Gasteiger partial charge in [-0.2, -0.15) is 0 Å². The molecule has 0 saturated carbocycles. The fraction of sp³-hybridized carbons (Fsp3) is 0.353. The fourth-order valence-electron chi connectivity index (χ4n) is 3.37. The van der Waals surface area contributed by atoms with Crippen molar-refractivity contribution in [1.29, 1.82) is 0 Å². The van der Waals surface area contributed by atoms with Gasteiger partial charge in [0.1, 0.15) is 11.8 Å². The highest BCUT2D eigenvalue weighted by Gasteiger charge is 2.33. The van der Waals surface area contributed by atoms with Gasteiger partial charge < -0.3 is 15.0 Å². The number of anilines is 1. The van der Waals surface area contributed by atoms with Gasteiger partial charge in [0.05, 0.1) is 5.60 Å². The molecule has 0 atom stereocenters. The van der Waals surface area contributed by atoms with Crippen LogP contribution < -0.4 is 10.6 Å². The predicted molar refractivity (Wildman–Crippen MR) is 91.1 cm³/mol. The van der Waals surface area contributed by atoms with E-state index in [1.165, 1.54) is 6.33 Å². The van der Waals surface area contributed by atoms with Crippen LogP contribution in [0.4, 0.5) is 5.82 Å². The highest BCUT2D eigenvalue weighted by atomic mass is 16.3. The summed E-state index contributed by atoms with van der Waals surface area (Å²) in [5.74, 6) is 0.708. The first-order chi connectivity index (χ1) is 11.6. The maximum absolute atomic E-state index is 11.5. The molecule has 2 aromatic heterocycles. The Morgan fingerprint density at radius 1 is 1.12 bits per heavy atom. The van der Waals surface area contributed by atoms with Gasteiger partial charge in [-0.05, 0) is 18.4 Å². The van der Waals surface area contributed by atoms with E-state index in [2.05, 4.69) is 24.8 Å². The van der Waals surface area contributed by atoms with Crippen LogP contribution in [-0.4, -0.2) is 43.7 Å². The number of aliphatic hydroxyl groups is 1. The van der Waals surface area contributed by atoms with E-state index in [1.807, 2.05) is 30.3 Å². The van der Waals surface area contributed by atoms with Crippen molar-refractivity contribution < 1.29 is 5.11 Å². The Hall–Kier alpha value is -2.67. The Balaban J connectivity index is 1.52. The molecular weight excluding hydrogens is 306 g/mol. The Kier molecular flexibility index (Phi) is 3.57. The zero-order valence-electron chi connectivity index (χ0n) is 13.2. The lowest BCUT2D eigenvalue weighted by Crippen LogP contribution is -2.46. The van der Waals surface area contributed by atoms with Crippen molar-refractivity contribution in [1.82, 2.24) is 19.9 Å². The average molecular weight is 325 g/mol. The zero-order chi connectivity index (χ0) is 16.6. The molecule has 4 rings (SSSR count). The van der Waals surface area contributed by atoms with Crippen molar-refractivity contribution in [2.75, 3.05) is 18.0 Å². The number of benzene rings is 1. The number of nitrogens with zero attached hydrogens (tertiary/aromatic N) is 3. The lowest BCUT2D eigenvalue weighted by atomic mass is 9.85. The Morgan fingerprint density at radius 2 is 1.88 bits per heavy atom. The van der Waals surface area contributed by atoms with Crippen molar-refractivity contribution >= 4 is 17.0 Å². The van der Waals surface area contributed by atoms with Crippen molar-refractivity contribution in [3.05, 3.63) is 52.7 Å². The third kappa shape index (κ3) is 2.78. The van der Waals surface area contributed by atoms with E-state index in [-0.39, 0.29) is 5.69 Å². The van der Waals surface area contributed by atoms with E-state index in [9.17, 15) is 9.90 Å². The average Bonchev–Trinajstić information content (AvgIpc) is 2.96. The molecule has 24 heavy (non-hydrogen) atoms. The van der Waals surface area contributed by atoms with Gasteiger partial charge in [0.2, 0.25) is 0 Å². The van der Waals surface area contributed by atoms with E-state index in [4.69, 9.17) is 0 Å². The van der Waals surface area contributed by atoms with Gasteiger partial charge in [0.25, 0.3) is 0 Å². The number of piperidine rings is 1. The molecule has 7 nitrogen and oxygen atoms in total. The van der Waals surface area contributed by atoms with Crippen molar-refractivity contribution in [2.45, 2.75) is 24.9 Å². The smallest absolute Gasteiger partial charge is 0.325 e. The summed E-state index contributed by atoms with van der Waals surface area (Å²) in [5.41, 5.74) is 1.29. The summed E-state index contributed by atoms with van der Waals surface area (Å²) < 4.78 is 0. The quantitative estimate of drug-likeness (QED) is 0.672. The van der Waals surface area contributed by atoms with Crippen molar-refractivity contribution in [3.8, 4) is 0 Å². The third-order valence-electron chi connectivity index (χ3n) is 4.67. The number of aromatic amines is 2. The summed E-state index contributed by atoms with van der Waals surface area (Å²) in [5, 5.41) is 10.9. The number of fused-ring (bicyclic) bond motifs is 1. The normalized spacial score (nSPS) is 17.3. The second kappa shape index (κ2) is 5.76. The van der Waals surface area contributed by atoms with E-state index < -0.39 is 5.60 Å². The first-order valence-electron chi connectivity index (χ1n) is 8.07. The number of H-pyrrole nitrogens is 2. The summed E-state index contributed by atoms with van der Waals surface area (Å²) in [6.45, 7) is 1.37. The van der Waals surface area contributed by atoms with Crippen molar-refractivity contribution in [3.63, 3.8) is 0 Å². The van der Waals surface area contributed by atoms with Crippen LogP contribution in [0.25, 0.3) is 11.2 Å². The first kappa shape index (κ1) is 14.9. The van der Waals surface area contributed by atoms with E-state index in [1.54, 1.807) is 0 Å². The molecule has 1 saturated heterocycles. The molecule has 7 heteroatoms. The molecule has 3 heterocycles. The summed E-state index contributed by atoms with van der Waals surface area (Å²) >= 11 is 0. The standard InChI is InChI=1S/C17H19N5O2/c23-16-20-13-14(21-16)18-11-19-15(13)22-8-6-17(24,7-9-22)10-12-4-2-1-3-5-12/h1-5,11,24H,6-10H2,(H2,18,19,20,21,23). The summed E-state index contributed by atoms with van der Waals surface area (Å²) in [6.07, 6.45) is 3.41. The maximum Gasteiger partial charge on any atom is 0.325 e. The minimum atomic E-state index is -0.699. The SMILES string of the molecule is O=c1[nH]c2ncnc(N3CCC(O)(Cc4ccccc4)CC3)c2[nH]1. The lowest BCUT2D eigenvalue weighted by Gasteiger charge is -2.38. The molecule has 0 aliphatic carbocycles. The minimum Gasteiger partial charge on any atom is -0.389 e. The number of imidazole rings is 1. The minimum absolute atomic E-state index is 0.288. The molecule has 0 unspecified atom stereocenters. The lowest BCUT2D eigenvalue weighted by molar-refractivity contribution is 0.0164. The van der Waals surface area contributed by atoms with Crippen LogP contribution in [0.5, 0.6) is 0 Å². The summed E-state index contributed by atoms with van der Waals surface area (Å²) in [6, 6.07) is 10.1. The number of rotatable bonds is 3. The van der Waals surface area contributed by atoms with Crippen LogP contribution in [0.3, 0.4) is 0 Å². The molecule has 1 aliphatic heterocycles. The maximum atomic E-state index is 11.5. The van der Waals surface area contributed by atoms with Gasteiger partial charge in [0, 0.05) is 19.5 Å². The van der Waals surface area contributed by atoms with Gasteiger partial charge in [-0.1, -0.05) is 30.3 Å². The van der Waals surface area contributed by atoms with Gasteiger partial charge in [0.15, 0.2) is 11.5 Å². The Bertz CT molecular complexity index is 894. The van der Waals surface area contributed by atoms with Crippen molar-refractivity contribution in [2.24, 2.45) is 0 Å². The van der Waals surface area contributed by atoms with Gasteiger partial charge in [-0.3, -0.25) is 4.98 Å². The highest BCUT2D eigenvalue weighted by molar-refractivity contribution is 5.82. The van der Waals surface area contributed by atoms with E-state index in [0.717, 1.165) is 5.56 Å². The number of hydrogen-bond donors (Lipinski definition) is 3. The molecule has 124 valence electrons. The Labute approximate surface area is 138 Å². The van der Waals surface area contributed by atoms with Crippen LogP contribution in [0.2, 0.25) is 0 Å². The zero-order valence-corrected chi connectivity index (χ0v) is 13.2. The number of nitrogens with one attached hydrogen (secondary N) is 2. The number of aromatic nitrogens is 4. The van der Waals surface area contributed by atoms with Gasteiger partial charge in [-0.25, -0.2) is 14.8 Å². The fourth-order valence-corrected chi connectivity index (χ4v) is 3.37. The molecule has 1 fully saturated rings. The monoisotopic (exact) mass is 325 g/mol. The number of hydrogen-bond acceptors (Lipinski definition) is 5. The molecule has 0 spiro atoms. The molecule has 1 aromatic carbocycles. The van der Waals surface area contributed by atoms with Crippen LogP contribution in [0.15, 0.2) is 41.5 Å².